The first-order valence-corrected chi connectivity index (χ1v) is 8.02. The number of methoxy groups -OCH3 is 1. The highest BCUT2D eigenvalue weighted by atomic mass is 16.5. The summed E-state index contributed by atoms with van der Waals surface area (Å²) in [7, 11) is 1.34. The predicted molar refractivity (Wildman–Crippen MR) is 88.6 cm³/mol. The van der Waals surface area contributed by atoms with Crippen molar-refractivity contribution in [3.63, 3.8) is 0 Å². The normalized spacial score (nSPS) is 16.2. The zero-order chi connectivity index (χ0) is 17.2. The van der Waals surface area contributed by atoms with E-state index in [-0.39, 0.29) is 18.2 Å². The third-order valence-electron chi connectivity index (χ3n) is 4.41. The molecule has 1 fully saturated rings. The highest BCUT2D eigenvalue weighted by molar-refractivity contribution is 5.89. The van der Waals surface area contributed by atoms with Gasteiger partial charge in [-0.3, -0.25) is 4.79 Å². The van der Waals surface area contributed by atoms with Gasteiger partial charge in [-0.05, 0) is 43.9 Å². The molecule has 24 heavy (non-hydrogen) atoms. The molecule has 0 bridgehead atoms. The standard InChI is InChI=1S/C18H21N3O3/c1-18(13-8-9-13,17(23)24-2)19-16(22)12-14-10-11-21(20-14)15-6-4-3-5-7-15/h3-7,10-11,13H,8-9,12H2,1-2H3,(H,19,22)/t18-/m0/s1. The van der Waals surface area contributed by atoms with Gasteiger partial charge in [-0.2, -0.15) is 5.10 Å². The third-order valence-corrected chi connectivity index (χ3v) is 4.41. The predicted octanol–water partition coefficient (Wildman–Crippen LogP) is 1.87. The van der Waals surface area contributed by atoms with Gasteiger partial charge in [0.2, 0.25) is 5.91 Å². The number of benzene rings is 1. The van der Waals surface area contributed by atoms with E-state index in [2.05, 4.69) is 10.4 Å². The summed E-state index contributed by atoms with van der Waals surface area (Å²) in [6.07, 6.45) is 3.79. The number of amides is 1. The first kappa shape index (κ1) is 16.2. The highest BCUT2D eigenvalue weighted by Crippen LogP contribution is 2.40. The van der Waals surface area contributed by atoms with Crippen molar-refractivity contribution in [2.75, 3.05) is 7.11 Å². The number of nitrogens with one attached hydrogen (secondary N) is 1. The van der Waals surface area contributed by atoms with Crippen LogP contribution in [0, 0.1) is 5.92 Å². The van der Waals surface area contributed by atoms with E-state index in [0.717, 1.165) is 18.5 Å². The van der Waals surface area contributed by atoms with Crippen LogP contribution in [0.1, 0.15) is 25.5 Å². The van der Waals surface area contributed by atoms with Gasteiger partial charge in [-0.25, -0.2) is 9.48 Å². The molecule has 1 aromatic carbocycles. The molecule has 3 rings (SSSR count). The van der Waals surface area contributed by atoms with Crippen molar-refractivity contribution < 1.29 is 14.3 Å². The zero-order valence-electron chi connectivity index (χ0n) is 13.9. The minimum Gasteiger partial charge on any atom is -0.467 e. The summed E-state index contributed by atoms with van der Waals surface area (Å²) in [6.45, 7) is 1.73. The van der Waals surface area contributed by atoms with Crippen molar-refractivity contribution in [2.24, 2.45) is 5.92 Å². The first-order valence-electron chi connectivity index (χ1n) is 8.02. The second kappa shape index (κ2) is 6.47. The molecular formula is C18H21N3O3. The highest BCUT2D eigenvalue weighted by Gasteiger charge is 2.49. The third kappa shape index (κ3) is 3.32. The van der Waals surface area contributed by atoms with Crippen LogP contribution in [0.4, 0.5) is 0 Å². The maximum atomic E-state index is 12.4. The molecule has 1 amide bonds. The van der Waals surface area contributed by atoms with E-state index >= 15 is 0 Å². The maximum absolute atomic E-state index is 12.4. The smallest absolute Gasteiger partial charge is 0.331 e. The molecule has 126 valence electrons. The van der Waals surface area contributed by atoms with Crippen LogP contribution in [0.3, 0.4) is 0 Å². The summed E-state index contributed by atoms with van der Waals surface area (Å²) in [5.41, 5.74) is 0.634. The van der Waals surface area contributed by atoms with Crippen LogP contribution in [0.15, 0.2) is 42.6 Å². The van der Waals surface area contributed by atoms with Crippen molar-refractivity contribution in [3.05, 3.63) is 48.3 Å². The number of hydrogen-bond donors (Lipinski definition) is 1. The summed E-state index contributed by atoms with van der Waals surface area (Å²) >= 11 is 0. The lowest BCUT2D eigenvalue weighted by molar-refractivity contribution is -0.151. The van der Waals surface area contributed by atoms with E-state index in [1.165, 1.54) is 7.11 Å². The number of carbonyl (C=O) groups is 2. The van der Waals surface area contributed by atoms with Crippen LogP contribution in [0.5, 0.6) is 0 Å². The number of para-hydroxylation sites is 1. The lowest BCUT2D eigenvalue weighted by Gasteiger charge is -2.27. The molecule has 6 nitrogen and oxygen atoms in total. The monoisotopic (exact) mass is 327 g/mol. The molecule has 0 saturated heterocycles. The number of carbonyl (C=O) groups excluding carboxylic acids is 2. The summed E-state index contributed by atoms with van der Waals surface area (Å²) in [5, 5.41) is 7.26. The van der Waals surface area contributed by atoms with Gasteiger partial charge in [0, 0.05) is 6.20 Å². The van der Waals surface area contributed by atoms with Crippen LogP contribution >= 0.6 is 0 Å². The van der Waals surface area contributed by atoms with Gasteiger partial charge in [0.05, 0.1) is 24.9 Å². The minimum absolute atomic E-state index is 0.124. The van der Waals surface area contributed by atoms with Gasteiger partial charge in [0.1, 0.15) is 5.54 Å². The Kier molecular flexibility index (Phi) is 4.38. The number of ether oxygens (including phenoxy) is 1. The summed E-state index contributed by atoms with van der Waals surface area (Å²) in [5.74, 6) is -0.475. The van der Waals surface area contributed by atoms with Gasteiger partial charge in [0.15, 0.2) is 0 Å². The number of rotatable bonds is 6. The van der Waals surface area contributed by atoms with Crippen molar-refractivity contribution in [1.82, 2.24) is 15.1 Å². The number of nitrogens with zero attached hydrogens (tertiary/aromatic N) is 2. The average Bonchev–Trinajstić information content (AvgIpc) is 3.35. The largest absolute Gasteiger partial charge is 0.467 e. The Morgan fingerprint density at radius 3 is 2.62 bits per heavy atom. The molecule has 6 heteroatoms. The molecule has 1 aliphatic rings. The van der Waals surface area contributed by atoms with Crippen LogP contribution in [-0.4, -0.2) is 34.3 Å². The molecule has 1 atom stereocenters. The molecule has 1 N–H and O–H groups in total. The Morgan fingerprint density at radius 2 is 2.00 bits per heavy atom. The average molecular weight is 327 g/mol. The molecule has 0 radical (unpaired) electrons. The topological polar surface area (TPSA) is 73.2 Å². The molecule has 0 unspecified atom stereocenters. The molecule has 1 aliphatic carbocycles. The molecule has 2 aromatic rings. The fraction of sp³-hybridized carbons (Fsp3) is 0.389. The van der Waals surface area contributed by atoms with Crippen LogP contribution in [-0.2, 0) is 20.7 Å². The maximum Gasteiger partial charge on any atom is 0.331 e. The Labute approximate surface area is 140 Å². The summed E-state index contributed by atoms with van der Waals surface area (Å²) in [4.78, 5) is 24.4. The molecule has 0 spiro atoms. The molecule has 1 aromatic heterocycles. The molecular weight excluding hydrogens is 306 g/mol. The van der Waals surface area contributed by atoms with Crippen LogP contribution < -0.4 is 5.32 Å². The van der Waals surface area contributed by atoms with Crippen molar-refractivity contribution in [1.29, 1.82) is 0 Å². The lowest BCUT2D eigenvalue weighted by Crippen LogP contribution is -2.55. The van der Waals surface area contributed by atoms with Crippen molar-refractivity contribution in [3.8, 4) is 5.69 Å². The minimum atomic E-state index is -0.951. The van der Waals surface area contributed by atoms with Gasteiger partial charge in [-0.15, -0.1) is 0 Å². The van der Waals surface area contributed by atoms with E-state index in [9.17, 15) is 9.59 Å². The molecule has 1 saturated carbocycles. The zero-order valence-corrected chi connectivity index (χ0v) is 13.9. The fourth-order valence-electron chi connectivity index (χ4n) is 2.87. The molecule has 0 aliphatic heterocycles. The quantitative estimate of drug-likeness (QED) is 0.822. The SMILES string of the molecule is COC(=O)[C@@](C)(NC(=O)Cc1ccn(-c2ccccc2)n1)C1CC1. The first-order chi connectivity index (χ1) is 11.5. The Morgan fingerprint density at radius 1 is 1.29 bits per heavy atom. The van der Waals surface area contributed by atoms with Crippen LogP contribution in [0.25, 0.3) is 5.69 Å². The van der Waals surface area contributed by atoms with E-state index in [1.807, 2.05) is 36.5 Å². The number of esters is 1. The van der Waals surface area contributed by atoms with Gasteiger partial charge < -0.3 is 10.1 Å². The Balaban J connectivity index is 1.67. The van der Waals surface area contributed by atoms with Gasteiger partial charge >= 0.3 is 5.97 Å². The summed E-state index contributed by atoms with van der Waals surface area (Å²) in [6, 6.07) is 11.5. The van der Waals surface area contributed by atoms with Crippen molar-refractivity contribution >= 4 is 11.9 Å². The van der Waals surface area contributed by atoms with E-state index in [0.29, 0.717) is 5.69 Å². The van der Waals surface area contributed by atoms with Gasteiger partial charge in [-0.1, -0.05) is 18.2 Å². The Bertz CT molecular complexity index is 737. The number of aromatic nitrogens is 2. The van der Waals surface area contributed by atoms with Crippen molar-refractivity contribution in [2.45, 2.75) is 31.7 Å². The van der Waals surface area contributed by atoms with E-state index in [4.69, 9.17) is 4.74 Å². The second-order valence-electron chi connectivity index (χ2n) is 6.28. The Hall–Kier alpha value is -2.63. The lowest BCUT2D eigenvalue weighted by atomic mass is 9.95. The second-order valence-corrected chi connectivity index (χ2v) is 6.28. The molecule has 1 heterocycles. The number of hydrogen-bond acceptors (Lipinski definition) is 4. The summed E-state index contributed by atoms with van der Waals surface area (Å²) < 4.78 is 6.58. The van der Waals surface area contributed by atoms with Crippen LogP contribution in [0.2, 0.25) is 0 Å². The van der Waals surface area contributed by atoms with E-state index in [1.54, 1.807) is 17.7 Å². The van der Waals surface area contributed by atoms with Gasteiger partial charge in [0.25, 0.3) is 0 Å². The van der Waals surface area contributed by atoms with E-state index < -0.39 is 11.5 Å². The fourth-order valence-corrected chi connectivity index (χ4v) is 2.87.